The number of hydrogen-bond acceptors (Lipinski definition) is 4. The van der Waals surface area contributed by atoms with E-state index in [1.807, 2.05) is 55.5 Å². The van der Waals surface area contributed by atoms with Gasteiger partial charge in [-0.05, 0) is 65.4 Å². The first kappa shape index (κ1) is 27.0. The molecule has 0 aromatic heterocycles. The number of aliphatic carboxylic acids is 1. The second kappa shape index (κ2) is 12.0. The molecule has 0 spiro atoms. The Balaban J connectivity index is 1.56. The van der Waals surface area contributed by atoms with Gasteiger partial charge in [0.15, 0.2) is 0 Å². The number of benzene rings is 4. The van der Waals surface area contributed by atoms with Gasteiger partial charge in [0, 0.05) is 18.7 Å². The number of hydrogen-bond donors (Lipinski definition) is 3. The van der Waals surface area contributed by atoms with Crippen molar-refractivity contribution in [3.63, 3.8) is 0 Å². The number of rotatable bonds is 11. The summed E-state index contributed by atoms with van der Waals surface area (Å²) in [5.74, 6) is -1.54. The number of anilines is 1. The standard InChI is InChI=1S/C30H30N2O5S/c1-21(26-15-7-10-23-9-5-6-14-27(23)26)30(35)32-28-19-22(17-18-24(28)11-8-16-29(33)34)20-31-38(36,37)25-12-3-2-4-13-25/h2-7,9-10,12-15,17-19,21,31H,8,11,16,20H2,1H3,(H,32,35)(H,33,34). The number of carbonyl (C=O) groups excluding carboxylic acids is 1. The molecule has 7 nitrogen and oxygen atoms in total. The molecule has 1 unspecified atom stereocenters. The molecule has 0 aliphatic heterocycles. The Bertz CT molecular complexity index is 1550. The maximum absolute atomic E-state index is 13.4. The van der Waals surface area contributed by atoms with Crippen LogP contribution in [0.1, 0.15) is 42.4 Å². The first-order chi connectivity index (χ1) is 18.2. The first-order valence-electron chi connectivity index (χ1n) is 12.4. The zero-order valence-electron chi connectivity index (χ0n) is 21.1. The SMILES string of the molecule is CC(C(=O)Nc1cc(CNS(=O)(=O)c2ccccc2)ccc1CCCC(=O)O)c1cccc2ccccc12. The Morgan fingerprint density at radius 1 is 0.895 bits per heavy atom. The number of aryl methyl sites for hydroxylation is 1. The summed E-state index contributed by atoms with van der Waals surface area (Å²) in [6.07, 6.45) is 0.885. The number of sulfonamides is 1. The number of amides is 1. The molecule has 3 N–H and O–H groups in total. The number of carboxylic acid groups (broad SMARTS) is 1. The van der Waals surface area contributed by atoms with E-state index in [0.29, 0.717) is 24.1 Å². The minimum absolute atomic E-state index is 0.0123. The lowest BCUT2D eigenvalue weighted by molar-refractivity contribution is -0.137. The average Bonchev–Trinajstić information content (AvgIpc) is 2.92. The van der Waals surface area contributed by atoms with Crippen molar-refractivity contribution in [2.45, 2.75) is 43.5 Å². The van der Waals surface area contributed by atoms with Crippen LogP contribution in [0.3, 0.4) is 0 Å². The molecule has 4 aromatic rings. The lowest BCUT2D eigenvalue weighted by Crippen LogP contribution is -2.23. The van der Waals surface area contributed by atoms with Gasteiger partial charge in [0.2, 0.25) is 15.9 Å². The van der Waals surface area contributed by atoms with Crippen molar-refractivity contribution in [3.05, 3.63) is 108 Å². The van der Waals surface area contributed by atoms with E-state index < -0.39 is 21.9 Å². The van der Waals surface area contributed by atoms with Gasteiger partial charge in [-0.15, -0.1) is 0 Å². The summed E-state index contributed by atoms with van der Waals surface area (Å²) in [6.45, 7) is 1.88. The van der Waals surface area contributed by atoms with Gasteiger partial charge in [-0.25, -0.2) is 13.1 Å². The van der Waals surface area contributed by atoms with Crippen molar-refractivity contribution in [3.8, 4) is 0 Å². The third-order valence-corrected chi connectivity index (χ3v) is 7.89. The lowest BCUT2D eigenvalue weighted by Gasteiger charge is -2.18. The highest BCUT2D eigenvalue weighted by molar-refractivity contribution is 7.89. The molecule has 0 heterocycles. The molecule has 0 bridgehead atoms. The monoisotopic (exact) mass is 530 g/mol. The number of carbonyl (C=O) groups is 2. The molecule has 4 rings (SSSR count). The van der Waals surface area contributed by atoms with Crippen LogP contribution in [0.5, 0.6) is 0 Å². The van der Waals surface area contributed by atoms with Gasteiger partial charge >= 0.3 is 5.97 Å². The molecule has 0 aliphatic carbocycles. The van der Waals surface area contributed by atoms with E-state index >= 15 is 0 Å². The van der Waals surface area contributed by atoms with Gasteiger partial charge in [0.25, 0.3) is 0 Å². The average molecular weight is 531 g/mol. The Morgan fingerprint density at radius 2 is 1.61 bits per heavy atom. The summed E-state index contributed by atoms with van der Waals surface area (Å²) in [5.41, 5.74) is 2.91. The molecular formula is C30H30N2O5S. The normalized spacial score (nSPS) is 12.2. The number of carboxylic acids is 1. The van der Waals surface area contributed by atoms with Crippen LogP contribution in [-0.4, -0.2) is 25.4 Å². The van der Waals surface area contributed by atoms with Gasteiger partial charge in [-0.2, -0.15) is 0 Å². The number of nitrogens with one attached hydrogen (secondary N) is 2. The smallest absolute Gasteiger partial charge is 0.303 e. The maximum atomic E-state index is 13.4. The highest BCUT2D eigenvalue weighted by Gasteiger charge is 2.20. The summed E-state index contributed by atoms with van der Waals surface area (Å²) in [4.78, 5) is 24.6. The summed E-state index contributed by atoms with van der Waals surface area (Å²) < 4.78 is 27.9. The first-order valence-corrected chi connectivity index (χ1v) is 13.9. The van der Waals surface area contributed by atoms with Gasteiger partial charge in [0.1, 0.15) is 0 Å². The maximum Gasteiger partial charge on any atom is 0.303 e. The third-order valence-electron chi connectivity index (χ3n) is 6.47. The van der Waals surface area contributed by atoms with E-state index in [2.05, 4.69) is 10.0 Å². The Labute approximate surface area is 222 Å². The molecular weight excluding hydrogens is 500 g/mol. The molecule has 0 saturated carbocycles. The molecule has 0 aliphatic rings. The topological polar surface area (TPSA) is 113 Å². The minimum atomic E-state index is -3.70. The van der Waals surface area contributed by atoms with Crippen LogP contribution in [0, 0.1) is 0 Å². The molecule has 0 fully saturated rings. The molecule has 0 radical (unpaired) electrons. The van der Waals surface area contributed by atoms with Crippen LogP contribution in [0.2, 0.25) is 0 Å². The van der Waals surface area contributed by atoms with E-state index in [1.54, 1.807) is 30.3 Å². The molecule has 1 amide bonds. The molecule has 4 aromatic carbocycles. The van der Waals surface area contributed by atoms with Gasteiger partial charge in [0.05, 0.1) is 10.8 Å². The van der Waals surface area contributed by atoms with E-state index in [4.69, 9.17) is 5.11 Å². The molecule has 1 atom stereocenters. The molecule has 196 valence electrons. The van der Waals surface area contributed by atoms with Crippen LogP contribution in [0.25, 0.3) is 10.8 Å². The van der Waals surface area contributed by atoms with Crippen LogP contribution >= 0.6 is 0 Å². The predicted molar refractivity (Wildman–Crippen MR) is 148 cm³/mol. The van der Waals surface area contributed by atoms with E-state index in [9.17, 15) is 18.0 Å². The number of fused-ring (bicyclic) bond motifs is 1. The van der Waals surface area contributed by atoms with Gasteiger partial charge in [-0.1, -0.05) is 72.8 Å². The van der Waals surface area contributed by atoms with Crippen molar-refractivity contribution in [1.82, 2.24) is 4.72 Å². The fourth-order valence-corrected chi connectivity index (χ4v) is 5.41. The quantitative estimate of drug-likeness (QED) is 0.238. The van der Waals surface area contributed by atoms with Crippen molar-refractivity contribution in [1.29, 1.82) is 0 Å². The summed E-state index contributed by atoms with van der Waals surface area (Å²) in [7, 11) is -3.70. The Kier molecular flexibility index (Phi) is 8.55. The summed E-state index contributed by atoms with van der Waals surface area (Å²) >= 11 is 0. The molecule has 0 saturated heterocycles. The molecule has 38 heavy (non-hydrogen) atoms. The predicted octanol–water partition coefficient (Wildman–Crippen LogP) is 5.47. The highest BCUT2D eigenvalue weighted by Crippen LogP contribution is 2.28. The summed E-state index contributed by atoms with van der Waals surface area (Å²) in [6, 6.07) is 27.2. The second-order valence-corrected chi connectivity index (χ2v) is 10.9. The van der Waals surface area contributed by atoms with E-state index in [-0.39, 0.29) is 23.8 Å². The van der Waals surface area contributed by atoms with Crippen LogP contribution < -0.4 is 10.0 Å². The zero-order chi connectivity index (χ0) is 27.1. The fourth-order valence-electron chi connectivity index (χ4n) is 4.37. The Hall–Kier alpha value is -4.01. The second-order valence-electron chi connectivity index (χ2n) is 9.16. The van der Waals surface area contributed by atoms with Crippen LogP contribution in [-0.2, 0) is 32.6 Å². The Morgan fingerprint density at radius 3 is 2.37 bits per heavy atom. The minimum Gasteiger partial charge on any atom is -0.481 e. The van der Waals surface area contributed by atoms with Crippen molar-refractivity contribution >= 4 is 38.4 Å². The lowest BCUT2D eigenvalue weighted by atomic mass is 9.94. The molecule has 8 heteroatoms. The van der Waals surface area contributed by atoms with Crippen molar-refractivity contribution in [2.24, 2.45) is 0 Å². The van der Waals surface area contributed by atoms with E-state index in [1.165, 1.54) is 12.1 Å². The summed E-state index contributed by atoms with van der Waals surface area (Å²) in [5, 5.41) is 14.1. The van der Waals surface area contributed by atoms with Crippen LogP contribution in [0.4, 0.5) is 5.69 Å². The van der Waals surface area contributed by atoms with Crippen LogP contribution in [0.15, 0.2) is 95.9 Å². The van der Waals surface area contributed by atoms with E-state index in [0.717, 1.165) is 21.9 Å². The van der Waals surface area contributed by atoms with Crippen molar-refractivity contribution in [2.75, 3.05) is 5.32 Å². The fraction of sp³-hybridized carbons (Fsp3) is 0.200. The third kappa shape index (κ3) is 6.65. The van der Waals surface area contributed by atoms with Crippen molar-refractivity contribution < 1.29 is 23.1 Å². The largest absolute Gasteiger partial charge is 0.481 e. The zero-order valence-corrected chi connectivity index (χ0v) is 21.9. The van der Waals surface area contributed by atoms with Gasteiger partial charge < -0.3 is 10.4 Å². The van der Waals surface area contributed by atoms with Gasteiger partial charge in [-0.3, -0.25) is 9.59 Å². The highest BCUT2D eigenvalue weighted by atomic mass is 32.2.